The average molecular weight is 718 g/mol. The van der Waals surface area contributed by atoms with Gasteiger partial charge < -0.3 is 8.83 Å². The van der Waals surface area contributed by atoms with E-state index in [1.54, 1.807) is 0 Å². The van der Waals surface area contributed by atoms with Gasteiger partial charge in [-0.15, -0.1) is 0 Å². The monoisotopic (exact) mass is 717 g/mol. The van der Waals surface area contributed by atoms with Crippen LogP contribution < -0.4 is 0 Å². The quantitative estimate of drug-likeness (QED) is 0.171. The molecule has 11 aromatic rings. The van der Waals surface area contributed by atoms with Crippen molar-refractivity contribution in [1.29, 1.82) is 0 Å². The van der Waals surface area contributed by atoms with Crippen LogP contribution in [0.25, 0.3) is 111 Å². The summed E-state index contributed by atoms with van der Waals surface area (Å²) < 4.78 is 13.4. The lowest BCUT2D eigenvalue weighted by molar-refractivity contribution is 0.665. The maximum atomic E-state index is 6.73. The minimum Gasteiger partial charge on any atom is -0.455 e. The van der Waals surface area contributed by atoms with E-state index in [4.69, 9.17) is 23.8 Å². The summed E-state index contributed by atoms with van der Waals surface area (Å²) in [5.41, 5.74) is 12.6. The predicted molar refractivity (Wildman–Crippen MR) is 227 cm³/mol. The summed E-state index contributed by atoms with van der Waals surface area (Å²) in [6.07, 6.45) is 0. The number of benzene rings is 8. The van der Waals surface area contributed by atoms with Crippen molar-refractivity contribution in [2.24, 2.45) is 0 Å². The third-order valence-electron chi connectivity index (χ3n) is 10.6. The van der Waals surface area contributed by atoms with Gasteiger partial charge in [-0.1, -0.05) is 164 Å². The smallest absolute Gasteiger partial charge is 0.164 e. The van der Waals surface area contributed by atoms with Crippen LogP contribution >= 0.6 is 0 Å². The van der Waals surface area contributed by atoms with Crippen molar-refractivity contribution < 1.29 is 8.83 Å². The second-order valence-electron chi connectivity index (χ2n) is 14.0. The normalized spacial score (nSPS) is 11.6. The molecular weight excluding hydrogens is 687 g/mol. The second kappa shape index (κ2) is 13.0. The number of aromatic nitrogens is 3. The molecule has 5 nitrogen and oxygen atoms in total. The highest BCUT2D eigenvalue weighted by atomic mass is 16.3. The van der Waals surface area contributed by atoms with Crippen LogP contribution in [0.15, 0.2) is 197 Å². The SMILES string of the molecule is c1ccc(-c2ccc3c(c2)oc2c(-c4cccc5c4oc4cc(-c6ccc(-c7nc(-c8ccccc8)nc(-c8ccccc8)n7)cc6)ccc45)cccc23)cc1. The molecule has 0 fully saturated rings. The van der Waals surface area contributed by atoms with Crippen LogP contribution in [0.1, 0.15) is 0 Å². The average Bonchev–Trinajstić information content (AvgIpc) is 3.85. The van der Waals surface area contributed by atoms with Gasteiger partial charge in [0.1, 0.15) is 22.3 Å². The Morgan fingerprint density at radius 2 is 0.625 bits per heavy atom. The standard InChI is InChI=1S/C51H31N3O2/c1-4-12-32(13-5-1)37-26-28-39-41-18-10-20-43(47(41)55-45(39)30-37)44-21-11-19-42-40-29-27-38(31-46(40)56-48(42)44)33-22-24-36(25-23-33)51-53-49(34-14-6-2-7-15-34)52-50(54-51)35-16-8-3-9-17-35/h1-31H. The topological polar surface area (TPSA) is 65.0 Å². The van der Waals surface area contributed by atoms with Crippen LogP contribution in [0.4, 0.5) is 0 Å². The first kappa shape index (κ1) is 31.9. The molecule has 0 bridgehead atoms. The van der Waals surface area contributed by atoms with E-state index in [-0.39, 0.29) is 0 Å². The van der Waals surface area contributed by atoms with Gasteiger partial charge in [0.25, 0.3) is 0 Å². The van der Waals surface area contributed by atoms with Crippen LogP contribution in [0, 0.1) is 0 Å². The molecule has 0 N–H and O–H groups in total. The number of furan rings is 2. The van der Waals surface area contributed by atoms with E-state index in [9.17, 15) is 0 Å². The Bertz CT molecular complexity index is 3170. The van der Waals surface area contributed by atoms with Crippen molar-refractivity contribution in [3.05, 3.63) is 188 Å². The summed E-state index contributed by atoms with van der Waals surface area (Å²) in [7, 11) is 0. The summed E-state index contributed by atoms with van der Waals surface area (Å²) >= 11 is 0. The minimum atomic E-state index is 0.626. The van der Waals surface area contributed by atoms with Gasteiger partial charge in [-0.25, -0.2) is 15.0 Å². The Morgan fingerprint density at radius 3 is 1.07 bits per heavy atom. The van der Waals surface area contributed by atoms with E-state index < -0.39 is 0 Å². The highest BCUT2D eigenvalue weighted by Crippen LogP contribution is 2.42. The molecule has 0 unspecified atom stereocenters. The van der Waals surface area contributed by atoms with Crippen molar-refractivity contribution in [3.63, 3.8) is 0 Å². The van der Waals surface area contributed by atoms with Crippen LogP contribution in [-0.2, 0) is 0 Å². The molecule has 8 aromatic carbocycles. The lowest BCUT2D eigenvalue weighted by Crippen LogP contribution is -2.00. The Hall–Kier alpha value is -7.63. The molecular formula is C51H31N3O2. The van der Waals surface area contributed by atoms with Crippen LogP contribution in [-0.4, -0.2) is 15.0 Å². The van der Waals surface area contributed by atoms with Crippen LogP contribution in [0.5, 0.6) is 0 Å². The largest absolute Gasteiger partial charge is 0.455 e. The zero-order valence-corrected chi connectivity index (χ0v) is 30.1. The molecule has 5 heteroatoms. The van der Waals surface area contributed by atoms with Gasteiger partial charge in [0.15, 0.2) is 17.5 Å². The van der Waals surface area contributed by atoms with Gasteiger partial charge >= 0.3 is 0 Å². The molecule has 0 aliphatic carbocycles. The zero-order chi connectivity index (χ0) is 37.0. The van der Waals surface area contributed by atoms with Crippen molar-refractivity contribution in [1.82, 2.24) is 15.0 Å². The van der Waals surface area contributed by atoms with Crippen LogP contribution in [0.2, 0.25) is 0 Å². The third-order valence-corrected chi connectivity index (χ3v) is 10.6. The Balaban J connectivity index is 0.962. The molecule has 0 aliphatic heterocycles. The number of fused-ring (bicyclic) bond motifs is 6. The molecule has 3 aromatic heterocycles. The molecule has 0 radical (unpaired) electrons. The minimum absolute atomic E-state index is 0.626. The van der Waals surface area contributed by atoms with Gasteiger partial charge in [0.2, 0.25) is 0 Å². The number of hydrogen-bond acceptors (Lipinski definition) is 5. The van der Waals surface area contributed by atoms with Crippen molar-refractivity contribution in [2.45, 2.75) is 0 Å². The van der Waals surface area contributed by atoms with Gasteiger partial charge in [-0.2, -0.15) is 0 Å². The van der Waals surface area contributed by atoms with Gasteiger partial charge in [-0.3, -0.25) is 0 Å². The van der Waals surface area contributed by atoms with E-state index in [0.29, 0.717) is 17.5 Å². The van der Waals surface area contributed by atoms with Crippen molar-refractivity contribution in [2.75, 3.05) is 0 Å². The number of hydrogen-bond donors (Lipinski definition) is 0. The molecule has 56 heavy (non-hydrogen) atoms. The first-order chi connectivity index (χ1) is 27.7. The maximum absolute atomic E-state index is 6.73. The predicted octanol–water partition coefficient (Wildman–Crippen LogP) is 13.7. The van der Waals surface area contributed by atoms with Crippen LogP contribution in [0.3, 0.4) is 0 Å². The Kier molecular flexibility index (Phi) is 7.42. The summed E-state index contributed by atoms with van der Waals surface area (Å²) in [4.78, 5) is 14.6. The lowest BCUT2D eigenvalue weighted by atomic mass is 9.98. The van der Waals surface area contributed by atoms with E-state index in [2.05, 4.69) is 121 Å². The van der Waals surface area contributed by atoms with Gasteiger partial charge in [-0.05, 0) is 46.5 Å². The fourth-order valence-electron chi connectivity index (χ4n) is 7.76. The molecule has 0 saturated heterocycles. The van der Waals surface area contributed by atoms with E-state index in [0.717, 1.165) is 93.9 Å². The third kappa shape index (κ3) is 5.45. The zero-order valence-electron chi connectivity index (χ0n) is 30.1. The first-order valence-electron chi connectivity index (χ1n) is 18.7. The fraction of sp³-hybridized carbons (Fsp3) is 0. The molecule has 0 atom stereocenters. The second-order valence-corrected chi connectivity index (χ2v) is 14.0. The van der Waals surface area contributed by atoms with Crippen molar-refractivity contribution in [3.8, 4) is 67.5 Å². The van der Waals surface area contributed by atoms with E-state index >= 15 is 0 Å². The molecule has 0 amide bonds. The molecule has 0 aliphatic rings. The van der Waals surface area contributed by atoms with Gasteiger partial charge in [0.05, 0.1) is 0 Å². The molecule has 11 rings (SSSR count). The fourth-order valence-corrected chi connectivity index (χ4v) is 7.76. The highest BCUT2D eigenvalue weighted by Gasteiger charge is 2.19. The summed E-state index contributed by atoms with van der Waals surface area (Å²) in [5, 5.41) is 4.31. The number of para-hydroxylation sites is 2. The maximum Gasteiger partial charge on any atom is 0.164 e. The summed E-state index contributed by atoms with van der Waals surface area (Å²) in [6.45, 7) is 0. The van der Waals surface area contributed by atoms with Crippen molar-refractivity contribution >= 4 is 43.9 Å². The highest BCUT2D eigenvalue weighted by molar-refractivity contribution is 6.15. The Morgan fingerprint density at radius 1 is 0.268 bits per heavy atom. The molecule has 3 heterocycles. The van der Waals surface area contributed by atoms with E-state index in [1.165, 1.54) is 0 Å². The molecule has 0 saturated carbocycles. The number of rotatable bonds is 6. The first-order valence-corrected chi connectivity index (χ1v) is 18.7. The molecule has 262 valence electrons. The number of nitrogens with zero attached hydrogens (tertiary/aromatic N) is 3. The Labute approximate surface area is 322 Å². The molecule has 0 spiro atoms. The lowest BCUT2D eigenvalue weighted by Gasteiger charge is -2.09. The summed E-state index contributed by atoms with van der Waals surface area (Å²) in [5.74, 6) is 1.91. The summed E-state index contributed by atoms with van der Waals surface area (Å²) in [6, 6.07) is 64.5. The van der Waals surface area contributed by atoms with E-state index in [1.807, 2.05) is 66.7 Å². The van der Waals surface area contributed by atoms with Gasteiger partial charge in [0, 0.05) is 49.4 Å².